The van der Waals surface area contributed by atoms with E-state index in [-0.39, 0.29) is 23.0 Å². The first kappa shape index (κ1) is 13.0. The summed E-state index contributed by atoms with van der Waals surface area (Å²) in [5, 5.41) is 21.4. The van der Waals surface area contributed by atoms with E-state index in [2.05, 4.69) is 5.32 Å². The van der Waals surface area contributed by atoms with Gasteiger partial charge in [-0.05, 0) is 24.1 Å². The number of hydrogen-bond donors (Lipinski definition) is 3. The molecule has 19 heavy (non-hydrogen) atoms. The van der Waals surface area contributed by atoms with Crippen molar-refractivity contribution in [3.8, 4) is 11.5 Å². The summed E-state index contributed by atoms with van der Waals surface area (Å²) >= 11 is 0. The number of hydrogen-bond acceptors (Lipinski definition) is 3. The monoisotopic (exact) mass is 257 g/mol. The van der Waals surface area contributed by atoms with Gasteiger partial charge in [-0.2, -0.15) is 0 Å². The number of benzene rings is 2. The van der Waals surface area contributed by atoms with E-state index in [0.717, 1.165) is 18.1 Å². The van der Waals surface area contributed by atoms with Crippen LogP contribution in [0.3, 0.4) is 0 Å². The smallest absolute Gasteiger partial charge is 0.255 e. The van der Waals surface area contributed by atoms with Gasteiger partial charge in [-0.15, -0.1) is 0 Å². The zero-order valence-corrected chi connectivity index (χ0v) is 10.3. The molecule has 4 nitrogen and oxygen atoms in total. The summed E-state index contributed by atoms with van der Waals surface area (Å²) in [6.07, 6.45) is 0.728. The maximum Gasteiger partial charge on any atom is 0.255 e. The van der Waals surface area contributed by atoms with E-state index in [9.17, 15) is 9.90 Å². The van der Waals surface area contributed by atoms with E-state index in [1.807, 2.05) is 30.3 Å². The number of carbonyl (C=O) groups is 1. The molecule has 0 aromatic heterocycles. The lowest BCUT2D eigenvalue weighted by Gasteiger charge is -2.07. The zero-order chi connectivity index (χ0) is 13.7. The molecule has 3 N–H and O–H groups in total. The van der Waals surface area contributed by atoms with Crippen LogP contribution in [0, 0.1) is 0 Å². The molecule has 0 aliphatic heterocycles. The Balaban J connectivity index is 1.91. The molecule has 98 valence electrons. The average molecular weight is 257 g/mol. The predicted molar refractivity (Wildman–Crippen MR) is 72.3 cm³/mol. The van der Waals surface area contributed by atoms with Crippen molar-refractivity contribution in [3.63, 3.8) is 0 Å². The second-order valence-corrected chi connectivity index (χ2v) is 4.19. The molecule has 0 spiro atoms. The fraction of sp³-hybridized carbons (Fsp3) is 0.133. The van der Waals surface area contributed by atoms with Crippen LogP contribution in [0.2, 0.25) is 0 Å². The van der Waals surface area contributed by atoms with Crippen molar-refractivity contribution in [1.29, 1.82) is 0 Å². The Kier molecular flexibility index (Phi) is 4.03. The molecule has 0 heterocycles. The van der Waals surface area contributed by atoms with E-state index in [4.69, 9.17) is 5.11 Å². The van der Waals surface area contributed by atoms with E-state index < -0.39 is 0 Å². The Hall–Kier alpha value is -2.49. The number of phenols is 2. The van der Waals surface area contributed by atoms with Gasteiger partial charge in [-0.1, -0.05) is 30.3 Å². The number of phenolic OH excluding ortho intramolecular Hbond substituents is 2. The average Bonchev–Trinajstić information content (AvgIpc) is 2.39. The Morgan fingerprint density at radius 2 is 1.79 bits per heavy atom. The molecule has 0 fully saturated rings. The van der Waals surface area contributed by atoms with Crippen molar-refractivity contribution < 1.29 is 15.0 Å². The number of rotatable bonds is 4. The molecule has 0 atom stereocenters. The third kappa shape index (κ3) is 3.48. The minimum Gasteiger partial charge on any atom is -0.508 e. The third-order valence-corrected chi connectivity index (χ3v) is 2.77. The summed E-state index contributed by atoms with van der Waals surface area (Å²) in [6, 6.07) is 13.7. The van der Waals surface area contributed by atoms with Crippen molar-refractivity contribution in [2.24, 2.45) is 0 Å². The lowest BCUT2D eigenvalue weighted by Crippen LogP contribution is -2.25. The highest BCUT2D eigenvalue weighted by atomic mass is 16.3. The SMILES string of the molecule is O=C(NCCc1ccccc1)c1ccc(O)cc1O. The van der Waals surface area contributed by atoms with Gasteiger partial charge in [0, 0.05) is 12.6 Å². The van der Waals surface area contributed by atoms with Crippen molar-refractivity contribution in [2.75, 3.05) is 6.54 Å². The van der Waals surface area contributed by atoms with Crippen LogP contribution in [0.5, 0.6) is 11.5 Å². The molecule has 2 rings (SSSR count). The molecular formula is C15H15NO3. The summed E-state index contributed by atoms with van der Waals surface area (Å²) in [6.45, 7) is 0.489. The molecule has 0 aliphatic carbocycles. The summed E-state index contributed by atoms with van der Waals surface area (Å²) in [5.41, 5.74) is 1.29. The third-order valence-electron chi connectivity index (χ3n) is 2.77. The van der Waals surface area contributed by atoms with Gasteiger partial charge < -0.3 is 15.5 Å². The summed E-state index contributed by atoms with van der Waals surface area (Å²) in [4.78, 5) is 11.8. The van der Waals surface area contributed by atoms with Crippen LogP contribution in [0.4, 0.5) is 0 Å². The van der Waals surface area contributed by atoms with Crippen LogP contribution in [-0.2, 0) is 6.42 Å². The van der Waals surface area contributed by atoms with Gasteiger partial charge in [-0.25, -0.2) is 0 Å². The Morgan fingerprint density at radius 3 is 2.47 bits per heavy atom. The van der Waals surface area contributed by atoms with Crippen LogP contribution in [0.1, 0.15) is 15.9 Å². The molecule has 0 bridgehead atoms. The van der Waals surface area contributed by atoms with E-state index in [1.165, 1.54) is 12.1 Å². The second kappa shape index (κ2) is 5.91. The van der Waals surface area contributed by atoms with E-state index in [0.29, 0.717) is 6.54 Å². The highest BCUT2D eigenvalue weighted by molar-refractivity contribution is 5.96. The minimum atomic E-state index is -0.353. The minimum absolute atomic E-state index is 0.0710. The number of carbonyl (C=O) groups excluding carboxylic acids is 1. The largest absolute Gasteiger partial charge is 0.508 e. The summed E-state index contributed by atoms with van der Waals surface area (Å²) in [7, 11) is 0. The Morgan fingerprint density at radius 1 is 1.05 bits per heavy atom. The first-order valence-corrected chi connectivity index (χ1v) is 6.01. The summed E-state index contributed by atoms with van der Waals surface area (Å²) in [5.74, 6) is -0.649. The molecule has 4 heteroatoms. The lowest BCUT2D eigenvalue weighted by molar-refractivity contribution is 0.0951. The van der Waals surface area contributed by atoms with Crippen LogP contribution >= 0.6 is 0 Å². The first-order valence-electron chi connectivity index (χ1n) is 6.01. The van der Waals surface area contributed by atoms with Crippen LogP contribution in [-0.4, -0.2) is 22.7 Å². The van der Waals surface area contributed by atoms with Crippen molar-refractivity contribution in [2.45, 2.75) is 6.42 Å². The van der Waals surface area contributed by atoms with Crippen LogP contribution < -0.4 is 5.32 Å². The molecule has 0 saturated heterocycles. The highest BCUT2D eigenvalue weighted by Gasteiger charge is 2.10. The van der Waals surface area contributed by atoms with E-state index >= 15 is 0 Å². The van der Waals surface area contributed by atoms with Crippen molar-refractivity contribution in [3.05, 3.63) is 59.7 Å². The van der Waals surface area contributed by atoms with Crippen LogP contribution in [0.15, 0.2) is 48.5 Å². The molecule has 0 radical (unpaired) electrons. The van der Waals surface area contributed by atoms with Gasteiger partial charge in [0.2, 0.25) is 0 Å². The molecule has 0 saturated carbocycles. The zero-order valence-electron chi connectivity index (χ0n) is 10.3. The van der Waals surface area contributed by atoms with E-state index in [1.54, 1.807) is 0 Å². The fourth-order valence-electron chi connectivity index (χ4n) is 1.77. The Bertz CT molecular complexity index is 567. The molecular weight excluding hydrogens is 242 g/mol. The highest BCUT2D eigenvalue weighted by Crippen LogP contribution is 2.22. The number of amides is 1. The van der Waals surface area contributed by atoms with Gasteiger partial charge in [-0.3, -0.25) is 4.79 Å². The number of aromatic hydroxyl groups is 2. The maximum atomic E-state index is 11.8. The van der Waals surface area contributed by atoms with Crippen molar-refractivity contribution >= 4 is 5.91 Å². The quantitative estimate of drug-likeness (QED) is 0.785. The van der Waals surface area contributed by atoms with Gasteiger partial charge in [0.15, 0.2) is 0 Å². The molecule has 2 aromatic rings. The molecule has 2 aromatic carbocycles. The second-order valence-electron chi connectivity index (χ2n) is 4.19. The van der Waals surface area contributed by atoms with Gasteiger partial charge in [0.1, 0.15) is 11.5 Å². The summed E-state index contributed by atoms with van der Waals surface area (Å²) < 4.78 is 0. The predicted octanol–water partition coefficient (Wildman–Crippen LogP) is 2.07. The first-order chi connectivity index (χ1) is 9.16. The normalized spacial score (nSPS) is 10.1. The molecule has 0 unspecified atom stereocenters. The molecule has 0 aliphatic rings. The van der Waals surface area contributed by atoms with Crippen LogP contribution in [0.25, 0.3) is 0 Å². The Labute approximate surface area is 111 Å². The topological polar surface area (TPSA) is 69.6 Å². The van der Waals surface area contributed by atoms with Gasteiger partial charge >= 0.3 is 0 Å². The standard InChI is InChI=1S/C15H15NO3/c17-12-6-7-13(14(18)10-12)15(19)16-9-8-11-4-2-1-3-5-11/h1-7,10,17-18H,8-9H2,(H,16,19). The van der Waals surface area contributed by atoms with Gasteiger partial charge in [0.25, 0.3) is 5.91 Å². The fourth-order valence-corrected chi connectivity index (χ4v) is 1.77. The maximum absolute atomic E-state index is 11.8. The molecule has 1 amide bonds. The van der Waals surface area contributed by atoms with Crippen molar-refractivity contribution in [1.82, 2.24) is 5.32 Å². The number of nitrogens with one attached hydrogen (secondary N) is 1. The van der Waals surface area contributed by atoms with Gasteiger partial charge in [0.05, 0.1) is 5.56 Å². The lowest BCUT2D eigenvalue weighted by atomic mass is 10.1.